The van der Waals surface area contributed by atoms with Crippen molar-refractivity contribution >= 4 is 0 Å². The maximum absolute atomic E-state index is 4.45. The lowest BCUT2D eigenvalue weighted by molar-refractivity contribution is 1.15. The Morgan fingerprint density at radius 3 is 2.40 bits per heavy atom. The molecule has 0 saturated heterocycles. The highest BCUT2D eigenvalue weighted by Gasteiger charge is 2.07. The first-order chi connectivity index (χ1) is 7.20. The molecule has 0 aromatic carbocycles. The molecular formula is C13H14N2. The number of hydrogen-bond donors (Lipinski definition) is 0. The van der Waals surface area contributed by atoms with Crippen molar-refractivity contribution in [2.24, 2.45) is 0 Å². The predicted octanol–water partition coefficient (Wildman–Crippen LogP) is 3.07. The Morgan fingerprint density at radius 1 is 0.933 bits per heavy atom. The molecule has 0 spiro atoms. The Balaban J connectivity index is 2.60. The van der Waals surface area contributed by atoms with Gasteiger partial charge < -0.3 is 0 Å². The molecule has 2 aromatic heterocycles. The van der Waals surface area contributed by atoms with Gasteiger partial charge in [0.25, 0.3) is 0 Å². The molecule has 0 aliphatic carbocycles. The number of aromatic nitrogens is 2. The third-order valence-corrected chi connectivity index (χ3v) is 2.80. The highest BCUT2D eigenvalue weighted by atomic mass is 14.8. The van der Waals surface area contributed by atoms with Crippen LogP contribution in [0.4, 0.5) is 0 Å². The van der Waals surface area contributed by atoms with Gasteiger partial charge in [-0.05, 0) is 49.6 Å². The zero-order valence-electron chi connectivity index (χ0n) is 9.28. The summed E-state index contributed by atoms with van der Waals surface area (Å²) in [7, 11) is 0. The van der Waals surface area contributed by atoms with Crippen molar-refractivity contribution < 1.29 is 0 Å². The van der Waals surface area contributed by atoms with Gasteiger partial charge in [0.15, 0.2) is 0 Å². The lowest BCUT2D eigenvalue weighted by Gasteiger charge is -2.09. The number of nitrogens with zero attached hydrogens (tertiary/aromatic N) is 2. The van der Waals surface area contributed by atoms with Crippen LogP contribution < -0.4 is 0 Å². The Bertz CT molecular complexity index is 475. The maximum Gasteiger partial charge on any atom is 0.0918 e. The first-order valence-electron chi connectivity index (χ1n) is 5.04. The molecule has 2 nitrogen and oxygen atoms in total. The van der Waals surface area contributed by atoms with Crippen LogP contribution in [0, 0.1) is 20.8 Å². The molecule has 0 unspecified atom stereocenters. The van der Waals surface area contributed by atoms with Crippen LogP contribution in [0.5, 0.6) is 0 Å². The van der Waals surface area contributed by atoms with E-state index in [1.165, 1.54) is 16.7 Å². The summed E-state index contributed by atoms with van der Waals surface area (Å²) in [6.45, 7) is 6.30. The molecule has 2 aromatic rings. The Kier molecular flexibility index (Phi) is 2.50. The number of rotatable bonds is 1. The van der Waals surface area contributed by atoms with E-state index in [1.807, 2.05) is 24.4 Å². The minimum Gasteiger partial charge on any atom is -0.255 e. The van der Waals surface area contributed by atoms with Gasteiger partial charge in [-0.25, -0.2) is 0 Å². The lowest BCUT2D eigenvalue weighted by Crippen LogP contribution is -1.95. The molecule has 2 heterocycles. The summed E-state index contributed by atoms with van der Waals surface area (Å²) in [5.41, 5.74) is 5.67. The number of pyridine rings is 2. The van der Waals surface area contributed by atoms with Gasteiger partial charge in [0.1, 0.15) is 0 Å². The van der Waals surface area contributed by atoms with Crippen LogP contribution >= 0.6 is 0 Å². The second-order valence-electron chi connectivity index (χ2n) is 3.75. The summed E-state index contributed by atoms with van der Waals surface area (Å²) in [5, 5.41) is 0. The van der Waals surface area contributed by atoms with Crippen molar-refractivity contribution in [1.29, 1.82) is 0 Å². The fourth-order valence-electron chi connectivity index (χ4n) is 1.59. The summed E-state index contributed by atoms with van der Waals surface area (Å²) in [6, 6.07) is 5.89. The van der Waals surface area contributed by atoms with E-state index in [0.717, 1.165) is 11.4 Å². The molecule has 0 aliphatic rings. The summed E-state index contributed by atoms with van der Waals surface area (Å²) < 4.78 is 0. The van der Waals surface area contributed by atoms with Crippen LogP contribution in [0.1, 0.15) is 16.7 Å². The molecule has 2 heteroatoms. The van der Waals surface area contributed by atoms with Crippen LogP contribution in [-0.4, -0.2) is 9.97 Å². The number of aryl methyl sites for hydroxylation is 1. The minimum atomic E-state index is 0.943. The van der Waals surface area contributed by atoms with E-state index in [0.29, 0.717) is 0 Å². The van der Waals surface area contributed by atoms with Crippen molar-refractivity contribution in [3.05, 3.63) is 47.3 Å². The van der Waals surface area contributed by atoms with Gasteiger partial charge in [-0.1, -0.05) is 6.07 Å². The van der Waals surface area contributed by atoms with Crippen molar-refractivity contribution in [2.75, 3.05) is 0 Å². The summed E-state index contributed by atoms with van der Waals surface area (Å²) in [5.74, 6) is 0. The smallest absolute Gasteiger partial charge is 0.0918 e. The quantitative estimate of drug-likeness (QED) is 0.703. The highest BCUT2D eigenvalue weighted by molar-refractivity contribution is 5.60. The van der Waals surface area contributed by atoms with Gasteiger partial charge in [-0.3, -0.25) is 9.97 Å². The molecule has 15 heavy (non-hydrogen) atoms. The van der Waals surface area contributed by atoms with E-state index in [1.54, 1.807) is 6.20 Å². The zero-order chi connectivity index (χ0) is 10.8. The van der Waals surface area contributed by atoms with Gasteiger partial charge in [0.2, 0.25) is 0 Å². The normalized spacial score (nSPS) is 10.3. The largest absolute Gasteiger partial charge is 0.255 e. The lowest BCUT2D eigenvalue weighted by atomic mass is 10.0. The van der Waals surface area contributed by atoms with Gasteiger partial charge in [-0.2, -0.15) is 0 Å². The van der Waals surface area contributed by atoms with Crippen LogP contribution in [-0.2, 0) is 0 Å². The van der Waals surface area contributed by atoms with Gasteiger partial charge in [-0.15, -0.1) is 0 Å². The first-order valence-corrected chi connectivity index (χ1v) is 5.04. The van der Waals surface area contributed by atoms with Crippen LogP contribution in [0.2, 0.25) is 0 Å². The summed E-state index contributed by atoms with van der Waals surface area (Å²) in [4.78, 5) is 8.76. The van der Waals surface area contributed by atoms with Crippen LogP contribution in [0.3, 0.4) is 0 Å². The third kappa shape index (κ3) is 1.75. The summed E-state index contributed by atoms with van der Waals surface area (Å²) in [6.07, 6.45) is 3.71. The molecule has 0 fully saturated rings. The molecule has 2 rings (SSSR count). The van der Waals surface area contributed by atoms with Crippen molar-refractivity contribution in [1.82, 2.24) is 9.97 Å². The molecule has 0 N–H and O–H groups in total. The fraction of sp³-hybridized carbons (Fsp3) is 0.231. The molecule has 0 aliphatic heterocycles. The third-order valence-electron chi connectivity index (χ3n) is 2.80. The predicted molar refractivity (Wildman–Crippen MR) is 61.7 cm³/mol. The number of hydrogen-bond acceptors (Lipinski definition) is 2. The molecule has 0 amide bonds. The average molecular weight is 198 g/mol. The van der Waals surface area contributed by atoms with Gasteiger partial charge >= 0.3 is 0 Å². The zero-order valence-corrected chi connectivity index (χ0v) is 9.28. The molecular weight excluding hydrogens is 184 g/mol. The fourth-order valence-corrected chi connectivity index (χ4v) is 1.59. The second kappa shape index (κ2) is 3.81. The van der Waals surface area contributed by atoms with Crippen molar-refractivity contribution in [3.8, 4) is 11.4 Å². The van der Waals surface area contributed by atoms with Gasteiger partial charge in [0.05, 0.1) is 11.4 Å². The SMILES string of the molecule is Cc1cnc(-c2ccccn2)c(C)c1C. The molecule has 0 bridgehead atoms. The summed E-state index contributed by atoms with van der Waals surface area (Å²) >= 11 is 0. The topological polar surface area (TPSA) is 25.8 Å². The van der Waals surface area contributed by atoms with E-state index >= 15 is 0 Å². The Hall–Kier alpha value is -1.70. The molecule has 0 radical (unpaired) electrons. The Labute approximate surface area is 90.0 Å². The van der Waals surface area contributed by atoms with Crippen LogP contribution in [0.25, 0.3) is 11.4 Å². The standard InChI is InChI=1S/C13H14N2/c1-9-8-15-13(11(3)10(9)2)12-6-4-5-7-14-12/h4-8H,1-3H3. The van der Waals surface area contributed by atoms with Crippen LogP contribution in [0.15, 0.2) is 30.6 Å². The van der Waals surface area contributed by atoms with Crippen molar-refractivity contribution in [2.45, 2.75) is 20.8 Å². The molecule has 0 saturated carbocycles. The van der Waals surface area contributed by atoms with E-state index in [2.05, 4.69) is 30.7 Å². The average Bonchev–Trinajstić information content (AvgIpc) is 2.27. The molecule has 76 valence electrons. The van der Waals surface area contributed by atoms with E-state index < -0.39 is 0 Å². The van der Waals surface area contributed by atoms with E-state index in [-0.39, 0.29) is 0 Å². The molecule has 0 atom stereocenters. The maximum atomic E-state index is 4.45. The minimum absolute atomic E-state index is 0.943. The van der Waals surface area contributed by atoms with Gasteiger partial charge in [0, 0.05) is 12.4 Å². The first kappa shape index (κ1) is 9.84. The van der Waals surface area contributed by atoms with E-state index in [9.17, 15) is 0 Å². The van der Waals surface area contributed by atoms with Crippen molar-refractivity contribution in [3.63, 3.8) is 0 Å². The monoisotopic (exact) mass is 198 g/mol. The Morgan fingerprint density at radius 2 is 1.73 bits per heavy atom. The van der Waals surface area contributed by atoms with E-state index in [4.69, 9.17) is 0 Å². The second-order valence-corrected chi connectivity index (χ2v) is 3.75. The highest BCUT2D eigenvalue weighted by Crippen LogP contribution is 2.22.